The normalized spacial score (nSPS) is 17.7. The van der Waals surface area contributed by atoms with Gasteiger partial charge in [-0.15, -0.1) is 0 Å². The van der Waals surface area contributed by atoms with Crippen LogP contribution in [0.15, 0.2) is 18.2 Å². The largest absolute Gasteiger partial charge is 0.349 e. The molecule has 26 heavy (non-hydrogen) atoms. The number of benzene rings is 1. The van der Waals surface area contributed by atoms with E-state index in [-0.39, 0.29) is 34.9 Å². The molecule has 0 radical (unpaired) electrons. The molecule has 0 aromatic heterocycles. The van der Waals surface area contributed by atoms with E-state index in [9.17, 15) is 23.3 Å². The van der Waals surface area contributed by atoms with E-state index in [0.29, 0.717) is 31.5 Å². The summed E-state index contributed by atoms with van der Waals surface area (Å²) in [4.78, 5) is 22.9. The number of hydrogen-bond donors (Lipinski definition) is 1. The third-order valence-electron chi connectivity index (χ3n) is 5.00. The number of nitro groups is 1. The molecule has 0 aliphatic carbocycles. The average molecular weight is 383 g/mol. The summed E-state index contributed by atoms with van der Waals surface area (Å²) >= 11 is 0. The Morgan fingerprint density at radius 2 is 2.00 bits per heavy atom. The molecule has 1 aromatic carbocycles. The van der Waals surface area contributed by atoms with Gasteiger partial charge in [-0.3, -0.25) is 14.9 Å². The molecule has 1 amide bonds. The van der Waals surface area contributed by atoms with E-state index in [1.807, 2.05) is 6.92 Å². The number of rotatable bonds is 6. The molecule has 8 nitrogen and oxygen atoms in total. The predicted molar refractivity (Wildman–Crippen MR) is 98.5 cm³/mol. The van der Waals surface area contributed by atoms with Crippen LogP contribution in [0, 0.1) is 23.0 Å². The monoisotopic (exact) mass is 383 g/mol. The van der Waals surface area contributed by atoms with E-state index < -0.39 is 14.9 Å². The minimum absolute atomic E-state index is 0.0933. The summed E-state index contributed by atoms with van der Waals surface area (Å²) in [6.45, 7) is 6.16. The number of hydrogen-bond acceptors (Lipinski definition) is 5. The van der Waals surface area contributed by atoms with Crippen molar-refractivity contribution >= 4 is 21.6 Å². The zero-order valence-corrected chi connectivity index (χ0v) is 16.1. The Balaban J connectivity index is 2.00. The second-order valence-electron chi connectivity index (χ2n) is 6.66. The molecular weight excluding hydrogens is 358 g/mol. The summed E-state index contributed by atoms with van der Waals surface area (Å²) in [5, 5.41) is 13.8. The fourth-order valence-electron chi connectivity index (χ4n) is 3.21. The van der Waals surface area contributed by atoms with E-state index in [2.05, 4.69) is 5.32 Å². The van der Waals surface area contributed by atoms with Gasteiger partial charge in [-0.1, -0.05) is 6.07 Å². The lowest BCUT2D eigenvalue weighted by Gasteiger charge is -2.34. The molecule has 0 spiro atoms. The van der Waals surface area contributed by atoms with Crippen molar-refractivity contribution in [3.05, 3.63) is 39.4 Å². The third-order valence-corrected chi connectivity index (χ3v) is 6.88. The topological polar surface area (TPSA) is 110 Å². The van der Waals surface area contributed by atoms with Gasteiger partial charge in [0.1, 0.15) is 0 Å². The van der Waals surface area contributed by atoms with E-state index >= 15 is 0 Å². The molecule has 1 saturated heterocycles. The van der Waals surface area contributed by atoms with Gasteiger partial charge in [-0.25, -0.2) is 12.7 Å². The number of nitrogens with zero attached hydrogens (tertiary/aromatic N) is 2. The highest BCUT2D eigenvalue weighted by Crippen LogP contribution is 2.24. The quantitative estimate of drug-likeness (QED) is 0.597. The number of carbonyl (C=O) groups excluding carboxylic acids is 1. The van der Waals surface area contributed by atoms with Crippen molar-refractivity contribution in [3.8, 4) is 0 Å². The van der Waals surface area contributed by atoms with Crippen LogP contribution in [0.5, 0.6) is 0 Å². The van der Waals surface area contributed by atoms with Crippen LogP contribution < -0.4 is 5.32 Å². The summed E-state index contributed by atoms with van der Waals surface area (Å²) < 4.78 is 25.3. The van der Waals surface area contributed by atoms with E-state index in [1.165, 1.54) is 16.4 Å². The first-order valence-electron chi connectivity index (χ1n) is 8.69. The molecular formula is C17H25N3O5S. The van der Waals surface area contributed by atoms with Crippen LogP contribution in [-0.2, 0) is 10.0 Å². The number of piperidine rings is 1. The number of carbonyl (C=O) groups is 1. The highest BCUT2D eigenvalue weighted by molar-refractivity contribution is 7.89. The first kappa shape index (κ1) is 20.3. The van der Waals surface area contributed by atoms with Crippen molar-refractivity contribution in [1.82, 2.24) is 9.62 Å². The maximum absolute atomic E-state index is 12.5. The standard InChI is InChI=1S/C17H25N3O5S/c1-4-26(24,25)19-9-7-14(8-10-19)13(3)18-17(21)16-11-15(20(22)23)6-5-12(16)2/h5-6,11,13-14H,4,7-10H2,1-3H3,(H,18,21)/t13-/m1/s1. The number of aryl methyl sites for hydroxylation is 1. The number of non-ortho nitro benzene ring substituents is 1. The maximum atomic E-state index is 12.5. The first-order chi connectivity index (χ1) is 12.2. The van der Waals surface area contributed by atoms with Crippen LogP contribution in [0.2, 0.25) is 0 Å². The zero-order chi connectivity index (χ0) is 19.5. The van der Waals surface area contributed by atoms with Crippen LogP contribution in [0.25, 0.3) is 0 Å². The van der Waals surface area contributed by atoms with Gasteiger partial charge < -0.3 is 5.32 Å². The summed E-state index contributed by atoms with van der Waals surface area (Å²) in [5.41, 5.74) is 0.840. The Hall–Kier alpha value is -2.00. The second-order valence-corrected chi connectivity index (χ2v) is 8.91. The molecule has 1 heterocycles. The van der Waals surface area contributed by atoms with Crippen LogP contribution in [-0.4, -0.2) is 48.4 Å². The minimum Gasteiger partial charge on any atom is -0.349 e. The molecule has 0 unspecified atom stereocenters. The van der Waals surface area contributed by atoms with Gasteiger partial charge in [0.05, 0.1) is 10.7 Å². The molecule has 0 bridgehead atoms. The Labute approximate surface area is 153 Å². The highest BCUT2D eigenvalue weighted by atomic mass is 32.2. The molecule has 1 atom stereocenters. The Morgan fingerprint density at radius 1 is 1.38 bits per heavy atom. The lowest BCUT2D eigenvalue weighted by atomic mass is 9.91. The van der Waals surface area contributed by atoms with Gasteiger partial charge in [-0.2, -0.15) is 0 Å². The molecule has 1 aromatic rings. The number of nitro benzene ring substituents is 1. The smallest absolute Gasteiger partial charge is 0.270 e. The van der Waals surface area contributed by atoms with Crippen molar-refractivity contribution in [2.45, 2.75) is 39.7 Å². The minimum atomic E-state index is -3.17. The molecule has 1 N–H and O–H groups in total. The Morgan fingerprint density at radius 3 is 2.54 bits per heavy atom. The molecule has 0 saturated carbocycles. The van der Waals surface area contributed by atoms with E-state index in [1.54, 1.807) is 19.9 Å². The van der Waals surface area contributed by atoms with E-state index in [0.717, 1.165) is 0 Å². The van der Waals surface area contributed by atoms with Crippen LogP contribution in [0.4, 0.5) is 5.69 Å². The van der Waals surface area contributed by atoms with E-state index in [4.69, 9.17) is 0 Å². The zero-order valence-electron chi connectivity index (χ0n) is 15.3. The third kappa shape index (κ3) is 4.59. The fraction of sp³-hybridized carbons (Fsp3) is 0.588. The summed E-state index contributed by atoms with van der Waals surface area (Å²) in [7, 11) is -3.17. The predicted octanol–water partition coefficient (Wildman–Crippen LogP) is 2.08. The molecule has 1 aliphatic rings. The van der Waals surface area contributed by atoms with Crippen LogP contribution in [0.1, 0.15) is 42.6 Å². The van der Waals surface area contributed by atoms with Gasteiger partial charge in [0.2, 0.25) is 10.0 Å². The van der Waals surface area contributed by atoms with Crippen molar-refractivity contribution in [3.63, 3.8) is 0 Å². The van der Waals surface area contributed by atoms with Gasteiger partial charge >= 0.3 is 0 Å². The number of sulfonamides is 1. The van der Waals surface area contributed by atoms with Crippen LogP contribution in [0.3, 0.4) is 0 Å². The first-order valence-corrected chi connectivity index (χ1v) is 10.3. The SMILES string of the molecule is CCS(=O)(=O)N1CCC([C@@H](C)NC(=O)c2cc([N+](=O)[O-])ccc2C)CC1. The second kappa shape index (κ2) is 8.13. The highest BCUT2D eigenvalue weighted by Gasteiger charge is 2.30. The summed E-state index contributed by atoms with van der Waals surface area (Å²) in [6.07, 6.45) is 1.35. The Bertz CT molecular complexity index is 786. The van der Waals surface area contributed by atoms with Gasteiger partial charge in [0, 0.05) is 36.8 Å². The van der Waals surface area contributed by atoms with Crippen molar-refractivity contribution in [1.29, 1.82) is 0 Å². The fourth-order valence-corrected chi connectivity index (χ4v) is 4.34. The van der Waals surface area contributed by atoms with Crippen molar-refractivity contribution < 1.29 is 18.1 Å². The van der Waals surface area contributed by atoms with Gasteiger partial charge in [0.15, 0.2) is 0 Å². The van der Waals surface area contributed by atoms with Crippen LogP contribution >= 0.6 is 0 Å². The average Bonchev–Trinajstić information content (AvgIpc) is 2.61. The van der Waals surface area contributed by atoms with Crippen molar-refractivity contribution in [2.75, 3.05) is 18.8 Å². The molecule has 1 fully saturated rings. The van der Waals surface area contributed by atoms with Gasteiger partial charge in [-0.05, 0) is 45.1 Å². The van der Waals surface area contributed by atoms with Gasteiger partial charge in [0.25, 0.3) is 11.6 Å². The maximum Gasteiger partial charge on any atom is 0.270 e. The lowest BCUT2D eigenvalue weighted by Crippen LogP contribution is -2.45. The Kier molecular flexibility index (Phi) is 6.35. The number of amides is 1. The lowest BCUT2D eigenvalue weighted by molar-refractivity contribution is -0.384. The van der Waals surface area contributed by atoms with Crippen molar-refractivity contribution in [2.24, 2.45) is 5.92 Å². The number of nitrogens with one attached hydrogen (secondary N) is 1. The molecule has 1 aliphatic heterocycles. The molecule has 2 rings (SSSR count). The summed E-state index contributed by atoms with van der Waals surface area (Å²) in [5.74, 6) is -0.0840. The summed E-state index contributed by atoms with van der Waals surface area (Å²) in [6, 6.07) is 4.08. The molecule has 144 valence electrons. The molecule has 9 heteroatoms.